The molecule has 5 heteroatoms. The van der Waals surface area contributed by atoms with Crippen molar-refractivity contribution in [3.63, 3.8) is 0 Å². The number of hydrogen-bond acceptors (Lipinski definition) is 3. The normalized spacial score (nSPS) is 12.3. The third-order valence-corrected chi connectivity index (χ3v) is 9.99. The summed E-state index contributed by atoms with van der Waals surface area (Å²) in [6, 6.07) is 6.91. The molecule has 0 spiro atoms. The van der Waals surface area contributed by atoms with E-state index in [1.54, 1.807) is 12.1 Å². The van der Waals surface area contributed by atoms with Gasteiger partial charge in [-0.05, 0) is 50.7 Å². The lowest BCUT2D eigenvalue weighted by molar-refractivity contribution is -0.941. The Morgan fingerprint density at radius 2 is 0.857 bits per heavy atom. The van der Waals surface area contributed by atoms with E-state index in [1.807, 2.05) is 6.07 Å². The Morgan fingerprint density at radius 1 is 0.524 bits per heavy atom. The number of rotatable bonds is 30. The topological polar surface area (TPSA) is 57.2 Å². The van der Waals surface area contributed by atoms with Crippen LogP contribution in [0.5, 0.6) is 0 Å². The molecule has 0 amide bonds. The zero-order valence-electron chi connectivity index (χ0n) is 28.2. The first kappa shape index (κ1) is 39.1. The van der Waals surface area contributed by atoms with E-state index in [4.69, 9.17) is 0 Å². The molecule has 0 fully saturated rings. The van der Waals surface area contributed by atoms with E-state index < -0.39 is 10.1 Å². The van der Waals surface area contributed by atoms with Crippen LogP contribution in [0.25, 0.3) is 0 Å². The molecule has 42 heavy (non-hydrogen) atoms. The Hall–Kier alpha value is -0.910. The summed E-state index contributed by atoms with van der Waals surface area (Å²) in [6.45, 7) is 11.2. The first-order valence-corrected chi connectivity index (χ1v) is 19.7. The average Bonchev–Trinajstić information content (AvgIpc) is 2.97. The maximum atomic E-state index is 11.8. The van der Waals surface area contributed by atoms with E-state index in [0.717, 1.165) is 36.2 Å². The van der Waals surface area contributed by atoms with Crippen LogP contribution in [0.3, 0.4) is 0 Å². The first-order chi connectivity index (χ1) is 20.4. The highest BCUT2D eigenvalue weighted by Gasteiger charge is 2.27. The van der Waals surface area contributed by atoms with E-state index in [9.17, 15) is 13.0 Å². The Kier molecular flexibility index (Phi) is 23.7. The number of benzene rings is 1. The number of quaternary nitrogens is 1. The van der Waals surface area contributed by atoms with Gasteiger partial charge in [-0.25, -0.2) is 8.42 Å². The van der Waals surface area contributed by atoms with E-state index >= 15 is 0 Å². The molecule has 0 heterocycles. The lowest BCUT2D eigenvalue weighted by Crippen LogP contribution is -2.49. The largest absolute Gasteiger partial charge is 0.744 e. The van der Waals surface area contributed by atoms with Crippen molar-refractivity contribution in [2.75, 3.05) is 19.6 Å². The van der Waals surface area contributed by atoms with Crippen LogP contribution in [-0.2, 0) is 16.7 Å². The van der Waals surface area contributed by atoms with Gasteiger partial charge in [0.1, 0.15) is 16.7 Å². The van der Waals surface area contributed by atoms with Gasteiger partial charge < -0.3 is 9.04 Å². The van der Waals surface area contributed by atoms with Gasteiger partial charge in [0.05, 0.1) is 24.5 Å². The molecule has 0 radical (unpaired) electrons. The molecule has 0 aliphatic heterocycles. The van der Waals surface area contributed by atoms with Crippen molar-refractivity contribution < 1.29 is 17.5 Å². The highest BCUT2D eigenvalue weighted by molar-refractivity contribution is 7.85. The zero-order valence-corrected chi connectivity index (χ0v) is 29.0. The van der Waals surface area contributed by atoms with Crippen LogP contribution in [0.2, 0.25) is 0 Å². The van der Waals surface area contributed by atoms with Gasteiger partial charge in [-0.1, -0.05) is 148 Å². The van der Waals surface area contributed by atoms with Crippen molar-refractivity contribution >= 4 is 10.1 Å². The smallest absolute Gasteiger partial charge is 0.124 e. The predicted octanol–water partition coefficient (Wildman–Crippen LogP) is 11.3. The molecule has 0 saturated heterocycles. The predicted molar refractivity (Wildman–Crippen MR) is 181 cm³/mol. The molecule has 0 aromatic heterocycles. The third-order valence-electron chi connectivity index (χ3n) is 9.16. The average molecular weight is 608 g/mol. The molecule has 1 rings (SSSR count). The van der Waals surface area contributed by atoms with Crippen LogP contribution in [-0.4, -0.2) is 37.1 Å². The van der Waals surface area contributed by atoms with Crippen molar-refractivity contribution in [3.05, 3.63) is 29.8 Å². The minimum Gasteiger partial charge on any atom is -0.744 e. The summed E-state index contributed by atoms with van der Waals surface area (Å²) in [6.07, 6.45) is 31.7. The zero-order chi connectivity index (χ0) is 30.8. The number of unbranched alkanes of at least 4 members (excludes halogenated alkanes) is 21. The highest BCUT2D eigenvalue weighted by atomic mass is 32.2. The van der Waals surface area contributed by atoms with E-state index in [1.165, 1.54) is 160 Å². The van der Waals surface area contributed by atoms with Gasteiger partial charge in [0.25, 0.3) is 0 Å². The summed E-state index contributed by atoms with van der Waals surface area (Å²) in [4.78, 5) is -0.0793. The fraction of sp³-hybridized carbons (Fsp3) is 0.838. The fourth-order valence-corrected chi connectivity index (χ4v) is 7.04. The summed E-state index contributed by atoms with van der Waals surface area (Å²) in [7, 11) is -4.44. The van der Waals surface area contributed by atoms with Gasteiger partial charge in [0.2, 0.25) is 0 Å². The molecule has 4 nitrogen and oxygen atoms in total. The van der Waals surface area contributed by atoms with Crippen LogP contribution in [0.4, 0.5) is 0 Å². The van der Waals surface area contributed by atoms with E-state index in [2.05, 4.69) is 20.8 Å². The summed E-state index contributed by atoms with van der Waals surface area (Å²) < 4.78 is 36.5. The lowest BCUT2D eigenvalue weighted by atomic mass is 10.0. The molecular formula is C37H69NO3S. The van der Waals surface area contributed by atoms with Gasteiger partial charge in [0, 0.05) is 5.56 Å². The number of nitrogens with zero attached hydrogens (tertiary/aromatic N) is 1. The van der Waals surface area contributed by atoms with Crippen LogP contribution >= 0.6 is 0 Å². The van der Waals surface area contributed by atoms with Crippen molar-refractivity contribution in [2.24, 2.45) is 0 Å². The fourth-order valence-electron chi connectivity index (χ4n) is 6.50. The van der Waals surface area contributed by atoms with Crippen molar-refractivity contribution in [3.8, 4) is 0 Å². The maximum absolute atomic E-state index is 11.8. The molecule has 246 valence electrons. The summed E-state index contributed by atoms with van der Waals surface area (Å²) in [5.74, 6) is 0. The summed E-state index contributed by atoms with van der Waals surface area (Å²) in [5.41, 5.74) is 1.01. The van der Waals surface area contributed by atoms with Crippen LogP contribution in [0, 0.1) is 0 Å². The first-order valence-electron chi connectivity index (χ1n) is 18.3. The maximum Gasteiger partial charge on any atom is 0.124 e. The van der Waals surface area contributed by atoms with Gasteiger partial charge in [-0.15, -0.1) is 0 Å². The van der Waals surface area contributed by atoms with Gasteiger partial charge in [-0.3, -0.25) is 0 Å². The Labute approximate surface area is 262 Å². The van der Waals surface area contributed by atoms with Gasteiger partial charge >= 0.3 is 0 Å². The number of hydrogen-bond donors (Lipinski definition) is 0. The molecule has 0 saturated carbocycles. The Morgan fingerprint density at radius 3 is 1.19 bits per heavy atom. The second-order valence-electron chi connectivity index (χ2n) is 13.2. The van der Waals surface area contributed by atoms with Crippen molar-refractivity contribution in [1.82, 2.24) is 0 Å². The van der Waals surface area contributed by atoms with Gasteiger partial charge in [0.15, 0.2) is 0 Å². The lowest BCUT2D eigenvalue weighted by Gasteiger charge is -2.40. The third kappa shape index (κ3) is 20.1. The second kappa shape index (κ2) is 25.4. The van der Waals surface area contributed by atoms with Crippen molar-refractivity contribution in [2.45, 2.75) is 186 Å². The molecule has 0 unspecified atom stereocenters. The molecule has 0 atom stereocenters. The SMILES string of the molecule is CCCCCCCCCC[N+](CCCCCCCCCC)(CCCCCCCCCC)Cc1cccc(S(=O)(=O)[O-])c1. The van der Waals surface area contributed by atoms with Gasteiger partial charge in [-0.2, -0.15) is 0 Å². The van der Waals surface area contributed by atoms with Crippen LogP contribution < -0.4 is 0 Å². The minimum absolute atomic E-state index is 0.0793. The summed E-state index contributed by atoms with van der Waals surface area (Å²) in [5, 5.41) is 0. The van der Waals surface area contributed by atoms with E-state index in [0.29, 0.717) is 0 Å². The van der Waals surface area contributed by atoms with Crippen molar-refractivity contribution in [1.29, 1.82) is 0 Å². The quantitative estimate of drug-likeness (QED) is 0.0496. The molecule has 1 aromatic carbocycles. The summed E-state index contributed by atoms with van der Waals surface area (Å²) >= 11 is 0. The molecule has 0 aliphatic rings. The monoisotopic (exact) mass is 607 g/mol. The molecule has 0 N–H and O–H groups in total. The van der Waals surface area contributed by atoms with E-state index in [-0.39, 0.29) is 4.90 Å². The second-order valence-corrected chi connectivity index (χ2v) is 14.6. The molecule has 0 bridgehead atoms. The molecule has 0 aliphatic carbocycles. The van der Waals surface area contributed by atoms with Crippen LogP contribution in [0.15, 0.2) is 29.2 Å². The Balaban J connectivity index is 2.89. The standard InChI is InChI=1S/C37H69NO3S/c1-4-7-10-13-16-19-22-25-31-38(32-26-23-20-17-14-11-8-5-2,33-27-24-21-18-15-12-9-6-3)35-36-29-28-30-37(34-36)42(39,40)41/h28-30,34H,4-27,31-33,35H2,1-3H3. The Bertz CT molecular complexity index is 804. The minimum atomic E-state index is -4.44. The highest BCUT2D eigenvalue weighted by Crippen LogP contribution is 2.24. The molecule has 1 aromatic rings. The molecular weight excluding hydrogens is 538 g/mol. The van der Waals surface area contributed by atoms with Crippen LogP contribution in [0.1, 0.15) is 180 Å².